The van der Waals surface area contributed by atoms with Gasteiger partial charge in [0.2, 0.25) is 10.0 Å². The lowest BCUT2D eigenvalue weighted by Crippen LogP contribution is -2.48. The fourth-order valence-corrected chi connectivity index (χ4v) is 5.08. The quantitative estimate of drug-likeness (QED) is 0.847. The van der Waals surface area contributed by atoms with Gasteiger partial charge in [-0.05, 0) is 38.1 Å². The number of hydrogen-bond acceptors (Lipinski definition) is 3. The van der Waals surface area contributed by atoms with E-state index in [-0.39, 0.29) is 5.25 Å². The van der Waals surface area contributed by atoms with E-state index >= 15 is 0 Å². The van der Waals surface area contributed by atoms with Crippen molar-refractivity contribution in [2.24, 2.45) is 5.92 Å². The minimum Gasteiger partial charge on any atom is -0.315 e. The van der Waals surface area contributed by atoms with E-state index in [1.165, 1.54) is 12.8 Å². The minimum atomic E-state index is -3.05. The molecule has 5 heteroatoms. The van der Waals surface area contributed by atoms with Crippen molar-refractivity contribution in [3.63, 3.8) is 0 Å². The van der Waals surface area contributed by atoms with Gasteiger partial charge in [-0.3, -0.25) is 0 Å². The Kier molecular flexibility index (Phi) is 5.04. The molecule has 4 nitrogen and oxygen atoms in total. The molecule has 2 saturated heterocycles. The van der Waals surface area contributed by atoms with Crippen LogP contribution < -0.4 is 5.32 Å². The molecule has 0 aliphatic carbocycles. The normalized spacial score (nSPS) is 28.4. The summed E-state index contributed by atoms with van der Waals surface area (Å²) in [6.07, 6.45) is 6.36. The minimum absolute atomic E-state index is 0.186. The van der Waals surface area contributed by atoms with Crippen molar-refractivity contribution in [2.45, 2.75) is 50.7 Å². The molecule has 0 saturated carbocycles. The first kappa shape index (κ1) is 14.3. The maximum Gasteiger partial charge on any atom is 0.218 e. The van der Waals surface area contributed by atoms with Crippen LogP contribution >= 0.6 is 0 Å². The molecule has 0 spiro atoms. The van der Waals surface area contributed by atoms with Crippen LogP contribution in [-0.4, -0.2) is 44.2 Å². The summed E-state index contributed by atoms with van der Waals surface area (Å²) in [7, 11) is -3.05. The fourth-order valence-electron chi connectivity index (χ4n) is 3.15. The number of piperidine rings is 2. The Bertz CT molecular complexity index is 342. The van der Waals surface area contributed by atoms with Crippen LogP contribution in [-0.2, 0) is 10.0 Å². The molecule has 2 aliphatic rings. The molecule has 0 aromatic heterocycles. The van der Waals surface area contributed by atoms with E-state index in [9.17, 15) is 8.42 Å². The highest BCUT2D eigenvalue weighted by Crippen LogP contribution is 2.26. The van der Waals surface area contributed by atoms with Crippen LogP contribution in [0.25, 0.3) is 0 Å². The molecule has 0 aromatic rings. The molecular formula is C13H26N2O2S. The van der Waals surface area contributed by atoms with Crippen molar-refractivity contribution in [2.75, 3.05) is 26.2 Å². The van der Waals surface area contributed by atoms with Gasteiger partial charge < -0.3 is 5.32 Å². The number of hydrogen-bond donors (Lipinski definition) is 1. The number of nitrogens with one attached hydrogen (secondary N) is 1. The molecule has 1 atom stereocenters. The van der Waals surface area contributed by atoms with Gasteiger partial charge in [0.25, 0.3) is 0 Å². The topological polar surface area (TPSA) is 49.4 Å². The Labute approximate surface area is 111 Å². The zero-order valence-electron chi connectivity index (χ0n) is 11.4. The SMILES string of the molecule is CCCC1CCN(S(=O)(=O)C2CCCNC2)CC1. The predicted octanol–water partition coefficient (Wildman–Crippen LogP) is 1.58. The summed E-state index contributed by atoms with van der Waals surface area (Å²) in [5.41, 5.74) is 0. The van der Waals surface area contributed by atoms with Gasteiger partial charge in [-0.1, -0.05) is 19.8 Å². The maximum absolute atomic E-state index is 12.5. The molecule has 1 unspecified atom stereocenters. The second kappa shape index (κ2) is 6.35. The molecule has 2 rings (SSSR count). The van der Waals surface area contributed by atoms with E-state index < -0.39 is 10.0 Å². The second-order valence-electron chi connectivity index (χ2n) is 5.64. The van der Waals surface area contributed by atoms with Crippen LogP contribution in [0.4, 0.5) is 0 Å². The second-order valence-corrected chi connectivity index (χ2v) is 7.86. The summed E-state index contributed by atoms with van der Waals surface area (Å²) in [6, 6.07) is 0. The summed E-state index contributed by atoms with van der Waals surface area (Å²) < 4.78 is 26.7. The lowest BCUT2D eigenvalue weighted by Gasteiger charge is -2.35. The number of rotatable bonds is 4. The van der Waals surface area contributed by atoms with Crippen molar-refractivity contribution in [3.8, 4) is 0 Å². The Morgan fingerprint density at radius 2 is 1.94 bits per heavy atom. The maximum atomic E-state index is 12.5. The van der Waals surface area contributed by atoms with Gasteiger partial charge in [0, 0.05) is 19.6 Å². The summed E-state index contributed by atoms with van der Waals surface area (Å²) >= 11 is 0. The van der Waals surface area contributed by atoms with Crippen LogP contribution in [0.15, 0.2) is 0 Å². The molecule has 0 bridgehead atoms. The molecule has 0 aromatic carbocycles. The molecule has 2 aliphatic heterocycles. The Balaban J connectivity index is 1.91. The van der Waals surface area contributed by atoms with E-state index in [1.54, 1.807) is 4.31 Å². The van der Waals surface area contributed by atoms with Gasteiger partial charge in [-0.15, -0.1) is 0 Å². The average molecular weight is 274 g/mol. The van der Waals surface area contributed by atoms with Gasteiger partial charge >= 0.3 is 0 Å². The zero-order valence-corrected chi connectivity index (χ0v) is 12.2. The van der Waals surface area contributed by atoms with Gasteiger partial charge in [0.1, 0.15) is 0 Å². The largest absolute Gasteiger partial charge is 0.315 e. The van der Waals surface area contributed by atoms with E-state index in [4.69, 9.17) is 0 Å². The molecular weight excluding hydrogens is 248 g/mol. The van der Waals surface area contributed by atoms with Gasteiger partial charge in [0.15, 0.2) is 0 Å². The molecule has 2 fully saturated rings. The van der Waals surface area contributed by atoms with Crippen LogP contribution in [0, 0.1) is 5.92 Å². The van der Waals surface area contributed by atoms with Crippen LogP contribution in [0.3, 0.4) is 0 Å². The first-order chi connectivity index (χ1) is 8.64. The summed E-state index contributed by atoms with van der Waals surface area (Å²) in [5.74, 6) is 0.742. The van der Waals surface area contributed by atoms with E-state index in [0.29, 0.717) is 6.54 Å². The zero-order chi connectivity index (χ0) is 13.0. The lowest BCUT2D eigenvalue weighted by molar-refractivity contribution is 0.259. The van der Waals surface area contributed by atoms with Gasteiger partial charge in [0.05, 0.1) is 5.25 Å². The van der Waals surface area contributed by atoms with E-state index in [2.05, 4.69) is 12.2 Å². The number of sulfonamides is 1. The standard InChI is InChI=1S/C13H26N2O2S/c1-2-4-12-6-9-15(10-7-12)18(16,17)13-5-3-8-14-11-13/h12-14H,2-11H2,1H3. The third-order valence-electron chi connectivity index (χ3n) is 4.30. The molecule has 1 N–H and O–H groups in total. The summed E-state index contributed by atoms with van der Waals surface area (Å²) in [6.45, 7) is 5.28. The number of nitrogens with zero attached hydrogens (tertiary/aromatic N) is 1. The van der Waals surface area contributed by atoms with Crippen LogP contribution in [0.1, 0.15) is 45.4 Å². The van der Waals surface area contributed by atoms with E-state index in [1.807, 2.05) is 0 Å². The fraction of sp³-hybridized carbons (Fsp3) is 1.00. The average Bonchev–Trinajstić information content (AvgIpc) is 2.41. The highest BCUT2D eigenvalue weighted by atomic mass is 32.2. The molecule has 0 radical (unpaired) electrons. The van der Waals surface area contributed by atoms with Crippen LogP contribution in [0.2, 0.25) is 0 Å². The van der Waals surface area contributed by atoms with Crippen molar-refractivity contribution >= 4 is 10.0 Å². The van der Waals surface area contributed by atoms with Crippen molar-refractivity contribution in [1.82, 2.24) is 9.62 Å². The Morgan fingerprint density at radius 1 is 1.22 bits per heavy atom. The molecule has 18 heavy (non-hydrogen) atoms. The van der Waals surface area contributed by atoms with E-state index in [0.717, 1.165) is 51.2 Å². The molecule has 2 heterocycles. The highest BCUT2D eigenvalue weighted by molar-refractivity contribution is 7.89. The molecule has 106 valence electrons. The summed E-state index contributed by atoms with van der Waals surface area (Å²) in [4.78, 5) is 0. The smallest absolute Gasteiger partial charge is 0.218 e. The predicted molar refractivity (Wildman–Crippen MR) is 74.0 cm³/mol. The highest BCUT2D eigenvalue weighted by Gasteiger charge is 2.34. The molecule has 0 amide bonds. The Morgan fingerprint density at radius 3 is 2.50 bits per heavy atom. The van der Waals surface area contributed by atoms with Crippen molar-refractivity contribution < 1.29 is 8.42 Å². The van der Waals surface area contributed by atoms with Crippen molar-refractivity contribution in [1.29, 1.82) is 0 Å². The van der Waals surface area contributed by atoms with Gasteiger partial charge in [-0.25, -0.2) is 12.7 Å². The lowest BCUT2D eigenvalue weighted by atomic mass is 9.94. The monoisotopic (exact) mass is 274 g/mol. The Hall–Kier alpha value is -0.130. The third-order valence-corrected chi connectivity index (χ3v) is 6.63. The van der Waals surface area contributed by atoms with Gasteiger partial charge in [-0.2, -0.15) is 0 Å². The third kappa shape index (κ3) is 3.25. The summed E-state index contributed by atoms with van der Waals surface area (Å²) in [5, 5.41) is 3.02. The van der Waals surface area contributed by atoms with Crippen LogP contribution in [0.5, 0.6) is 0 Å². The first-order valence-corrected chi connectivity index (χ1v) is 8.84. The van der Waals surface area contributed by atoms with Crippen molar-refractivity contribution in [3.05, 3.63) is 0 Å². The first-order valence-electron chi connectivity index (χ1n) is 7.34.